The summed E-state index contributed by atoms with van der Waals surface area (Å²) in [5, 5.41) is 1.05. The number of nitrogen functional groups attached to an aromatic ring is 1. The van der Waals surface area contributed by atoms with Crippen LogP contribution in [0.3, 0.4) is 0 Å². The molecular weight excluding hydrogens is 323 g/mol. The molecule has 0 spiro atoms. The van der Waals surface area contributed by atoms with Gasteiger partial charge in [-0.1, -0.05) is 6.07 Å². The first kappa shape index (κ1) is 19.4. The number of anilines is 1. The SMILES string of the molecule is C=C.Cc1ccc2nc(-c3ccc(N)cc3)sc2c1.Cl.Cl. The summed E-state index contributed by atoms with van der Waals surface area (Å²) in [5.74, 6) is 0. The molecule has 112 valence electrons. The maximum absolute atomic E-state index is 5.68. The van der Waals surface area contributed by atoms with Crippen molar-refractivity contribution >= 4 is 52.1 Å². The van der Waals surface area contributed by atoms with E-state index in [2.05, 4.69) is 43.3 Å². The lowest BCUT2D eigenvalue weighted by atomic mass is 10.2. The summed E-state index contributed by atoms with van der Waals surface area (Å²) >= 11 is 1.72. The molecule has 0 aliphatic heterocycles. The Morgan fingerprint density at radius 2 is 1.62 bits per heavy atom. The van der Waals surface area contributed by atoms with Gasteiger partial charge in [0.2, 0.25) is 0 Å². The molecule has 3 aromatic rings. The van der Waals surface area contributed by atoms with Crippen molar-refractivity contribution < 1.29 is 0 Å². The Balaban J connectivity index is 0.000000961. The summed E-state index contributed by atoms with van der Waals surface area (Å²) in [6.07, 6.45) is 0. The Kier molecular flexibility index (Phi) is 8.03. The number of aryl methyl sites for hydroxylation is 1. The van der Waals surface area contributed by atoms with Crippen molar-refractivity contribution in [2.75, 3.05) is 5.73 Å². The number of rotatable bonds is 1. The van der Waals surface area contributed by atoms with Gasteiger partial charge >= 0.3 is 0 Å². The molecule has 2 N–H and O–H groups in total. The molecular formula is C16H18Cl2N2S. The highest BCUT2D eigenvalue weighted by Crippen LogP contribution is 2.30. The van der Waals surface area contributed by atoms with Crippen LogP contribution in [0.1, 0.15) is 5.56 Å². The van der Waals surface area contributed by atoms with Gasteiger partial charge in [-0.05, 0) is 48.9 Å². The lowest BCUT2D eigenvalue weighted by Gasteiger charge is -1.95. The van der Waals surface area contributed by atoms with Crippen LogP contribution >= 0.6 is 36.2 Å². The molecule has 3 rings (SSSR count). The van der Waals surface area contributed by atoms with Crippen LogP contribution in [0.25, 0.3) is 20.8 Å². The summed E-state index contributed by atoms with van der Waals surface area (Å²) in [6.45, 7) is 8.10. The van der Waals surface area contributed by atoms with E-state index in [1.54, 1.807) is 11.3 Å². The maximum atomic E-state index is 5.68. The predicted molar refractivity (Wildman–Crippen MR) is 100.0 cm³/mol. The van der Waals surface area contributed by atoms with E-state index < -0.39 is 0 Å². The number of benzene rings is 2. The van der Waals surface area contributed by atoms with Crippen molar-refractivity contribution in [1.82, 2.24) is 4.98 Å². The highest BCUT2D eigenvalue weighted by Gasteiger charge is 2.05. The smallest absolute Gasteiger partial charge is 0.124 e. The number of thiazole rings is 1. The summed E-state index contributed by atoms with van der Waals surface area (Å²) in [5.41, 5.74) is 9.92. The van der Waals surface area contributed by atoms with Gasteiger partial charge in [0.05, 0.1) is 10.2 Å². The molecule has 21 heavy (non-hydrogen) atoms. The molecule has 0 aliphatic carbocycles. The van der Waals surface area contributed by atoms with Crippen molar-refractivity contribution in [1.29, 1.82) is 0 Å². The van der Waals surface area contributed by atoms with Gasteiger partial charge in [-0.15, -0.1) is 49.3 Å². The van der Waals surface area contributed by atoms with Gasteiger partial charge in [0, 0.05) is 11.3 Å². The fourth-order valence-corrected chi connectivity index (χ4v) is 2.85. The third kappa shape index (κ3) is 4.46. The average molecular weight is 341 g/mol. The molecule has 0 unspecified atom stereocenters. The minimum atomic E-state index is 0. The van der Waals surface area contributed by atoms with E-state index in [0.717, 1.165) is 21.8 Å². The zero-order valence-corrected chi connectivity index (χ0v) is 14.2. The fraction of sp³-hybridized carbons (Fsp3) is 0.0625. The molecule has 0 bridgehead atoms. The normalized spacial score (nSPS) is 9.00. The molecule has 0 radical (unpaired) electrons. The quantitative estimate of drug-likeness (QED) is 0.469. The van der Waals surface area contributed by atoms with E-state index >= 15 is 0 Å². The largest absolute Gasteiger partial charge is 0.399 e. The van der Waals surface area contributed by atoms with Crippen molar-refractivity contribution in [2.24, 2.45) is 0 Å². The lowest BCUT2D eigenvalue weighted by Crippen LogP contribution is -1.83. The van der Waals surface area contributed by atoms with Crippen molar-refractivity contribution in [3.63, 3.8) is 0 Å². The van der Waals surface area contributed by atoms with Crippen LogP contribution in [-0.2, 0) is 0 Å². The van der Waals surface area contributed by atoms with Crippen LogP contribution in [0.15, 0.2) is 55.6 Å². The molecule has 0 atom stereocenters. The molecule has 0 aliphatic rings. The van der Waals surface area contributed by atoms with Crippen LogP contribution < -0.4 is 5.73 Å². The van der Waals surface area contributed by atoms with Crippen molar-refractivity contribution in [2.45, 2.75) is 6.92 Å². The Morgan fingerprint density at radius 3 is 2.24 bits per heavy atom. The second kappa shape index (κ2) is 8.67. The minimum Gasteiger partial charge on any atom is -0.399 e. The molecule has 0 fully saturated rings. The van der Waals surface area contributed by atoms with E-state index in [0.29, 0.717) is 0 Å². The molecule has 1 aromatic heterocycles. The van der Waals surface area contributed by atoms with Gasteiger partial charge in [0.1, 0.15) is 5.01 Å². The van der Waals surface area contributed by atoms with Crippen LogP contribution in [0.5, 0.6) is 0 Å². The number of halogens is 2. The van der Waals surface area contributed by atoms with Gasteiger partial charge in [-0.2, -0.15) is 0 Å². The number of hydrogen-bond acceptors (Lipinski definition) is 3. The van der Waals surface area contributed by atoms with Crippen LogP contribution in [0.4, 0.5) is 5.69 Å². The highest BCUT2D eigenvalue weighted by atomic mass is 35.5. The van der Waals surface area contributed by atoms with Crippen LogP contribution in [-0.4, -0.2) is 4.98 Å². The second-order valence-corrected chi connectivity index (χ2v) is 5.14. The van der Waals surface area contributed by atoms with E-state index in [-0.39, 0.29) is 24.8 Å². The van der Waals surface area contributed by atoms with Crippen molar-refractivity contribution in [3.05, 3.63) is 61.2 Å². The maximum Gasteiger partial charge on any atom is 0.124 e. The first-order valence-corrected chi connectivity index (χ1v) is 6.77. The number of hydrogen-bond donors (Lipinski definition) is 1. The van der Waals surface area contributed by atoms with Crippen LogP contribution in [0.2, 0.25) is 0 Å². The van der Waals surface area contributed by atoms with Gasteiger partial charge in [0.25, 0.3) is 0 Å². The monoisotopic (exact) mass is 340 g/mol. The zero-order chi connectivity index (χ0) is 13.8. The van der Waals surface area contributed by atoms with E-state index in [4.69, 9.17) is 5.73 Å². The molecule has 1 heterocycles. The number of nitrogens with zero attached hydrogens (tertiary/aromatic N) is 1. The fourth-order valence-electron chi connectivity index (χ4n) is 1.78. The Hall–Kier alpha value is -1.55. The van der Waals surface area contributed by atoms with Gasteiger partial charge in [0.15, 0.2) is 0 Å². The number of nitrogens with two attached hydrogens (primary N) is 1. The van der Waals surface area contributed by atoms with Crippen molar-refractivity contribution in [3.8, 4) is 10.6 Å². The first-order chi connectivity index (χ1) is 9.22. The summed E-state index contributed by atoms with van der Waals surface area (Å²) in [6, 6.07) is 14.2. The topological polar surface area (TPSA) is 38.9 Å². The first-order valence-electron chi connectivity index (χ1n) is 5.95. The Morgan fingerprint density at radius 1 is 1.00 bits per heavy atom. The third-order valence-electron chi connectivity index (χ3n) is 2.70. The summed E-state index contributed by atoms with van der Waals surface area (Å²) < 4.78 is 1.23. The molecule has 0 amide bonds. The van der Waals surface area contributed by atoms with E-state index in [1.165, 1.54) is 10.3 Å². The Bertz CT molecular complexity index is 693. The Labute approximate surface area is 141 Å². The van der Waals surface area contributed by atoms with Crippen LogP contribution in [0, 0.1) is 6.92 Å². The minimum absolute atomic E-state index is 0. The third-order valence-corrected chi connectivity index (χ3v) is 3.77. The molecule has 2 nitrogen and oxygen atoms in total. The average Bonchev–Trinajstić information content (AvgIpc) is 2.84. The zero-order valence-electron chi connectivity index (χ0n) is 11.7. The number of fused-ring (bicyclic) bond motifs is 1. The van der Waals surface area contributed by atoms with Gasteiger partial charge in [-0.25, -0.2) is 4.98 Å². The summed E-state index contributed by atoms with van der Waals surface area (Å²) in [4.78, 5) is 4.63. The second-order valence-electron chi connectivity index (χ2n) is 4.11. The predicted octanol–water partition coefficient (Wildman–Crippen LogP) is 5.50. The standard InChI is InChI=1S/C14H12N2S.C2H4.2ClH/c1-9-2-7-12-13(8-9)17-14(16-12)10-3-5-11(15)6-4-10;1-2;;/h2-8H,15H2,1H3;1-2H2;2*1H. The van der Waals surface area contributed by atoms with Gasteiger partial charge < -0.3 is 5.73 Å². The highest BCUT2D eigenvalue weighted by molar-refractivity contribution is 7.21. The summed E-state index contributed by atoms with van der Waals surface area (Å²) in [7, 11) is 0. The molecule has 5 heteroatoms. The van der Waals surface area contributed by atoms with Gasteiger partial charge in [-0.3, -0.25) is 0 Å². The molecule has 2 aromatic carbocycles. The molecule has 0 saturated heterocycles. The lowest BCUT2D eigenvalue weighted by molar-refractivity contribution is 1.45. The van der Waals surface area contributed by atoms with E-state index in [1.807, 2.05) is 24.3 Å². The molecule has 0 saturated carbocycles. The van der Waals surface area contributed by atoms with E-state index in [9.17, 15) is 0 Å². The number of aromatic nitrogens is 1.